The van der Waals surface area contributed by atoms with Gasteiger partial charge in [0.25, 0.3) is 0 Å². The minimum Gasteiger partial charge on any atom is -0.379 e. The van der Waals surface area contributed by atoms with E-state index in [-0.39, 0.29) is 11.4 Å². The number of nitrogens with two attached hydrogens (primary N) is 1. The van der Waals surface area contributed by atoms with E-state index >= 15 is 0 Å². The lowest BCUT2D eigenvalue weighted by atomic mass is 9.95. The number of ether oxygens (including phenoxy) is 1. The summed E-state index contributed by atoms with van der Waals surface area (Å²) in [4.78, 5) is 11.3. The molecule has 1 atom stereocenters. The molecule has 1 fully saturated rings. The van der Waals surface area contributed by atoms with E-state index < -0.39 is 0 Å². The predicted octanol–water partition coefficient (Wildman–Crippen LogP) is 0.0205. The molecule has 76 valence electrons. The highest BCUT2D eigenvalue weighted by Crippen LogP contribution is 2.18. The number of hydrogen-bond donors (Lipinski definition) is 2. The van der Waals surface area contributed by atoms with Crippen molar-refractivity contribution >= 4 is 5.91 Å². The Balaban J connectivity index is 2.36. The van der Waals surface area contributed by atoms with Crippen molar-refractivity contribution in [3.8, 4) is 0 Å². The van der Waals surface area contributed by atoms with Gasteiger partial charge in [-0.2, -0.15) is 0 Å². The molecule has 1 heterocycles. The van der Waals surface area contributed by atoms with Gasteiger partial charge < -0.3 is 15.8 Å². The number of carbonyl (C=O) groups excluding carboxylic acids is 1. The van der Waals surface area contributed by atoms with Crippen LogP contribution < -0.4 is 11.1 Å². The second kappa shape index (κ2) is 4.58. The van der Waals surface area contributed by atoms with Crippen LogP contribution >= 0.6 is 0 Å². The first-order valence-corrected chi connectivity index (χ1v) is 4.75. The minimum absolute atomic E-state index is 0.0236. The molecule has 3 N–H and O–H groups in total. The number of hydrogen-bond acceptors (Lipinski definition) is 3. The SMILES string of the molecule is CC1(NC(=O)CCN)CCCOC1. The highest BCUT2D eigenvalue weighted by molar-refractivity contribution is 5.76. The molecule has 4 nitrogen and oxygen atoms in total. The third-order valence-electron chi connectivity index (χ3n) is 2.25. The van der Waals surface area contributed by atoms with Gasteiger partial charge in [-0.15, -0.1) is 0 Å². The third-order valence-corrected chi connectivity index (χ3v) is 2.25. The molecular weight excluding hydrogens is 168 g/mol. The Morgan fingerprint density at radius 3 is 3.00 bits per heavy atom. The molecule has 13 heavy (non-hydrogen) atoms. The molecule has 4 heteroatoms. The van der Waals surface area contributed by atoms with Crippen LogP contribution in [0.15, 0.2) is 0 Å². The Kier molecular flexibility index (Phi) is 3.69. The van der Waals surface area contributed by atoms with Crippen LogP contribution in [0.2, 0.25) is 0 Å². The van der Waals surface area contributed by atoms with Gasteiger partial charge in [-0.3, -0.25) is 4.79 Å². The van der Waals surface area contributed by atoms with E-state index in [4.69, 9.17) is 10.5 Å². The summed E-state index contributed by atoms with van der Waals surface area (Å²) in [7, 11) is 0. The summed E-state index contributed by atoms with van der Waals surface area (Å²) in [6, 6.07) is 0. The second-order valence-electron chi connectivity index (χ2n) is 3.80. The van der Waals surface area contributed by atoms with Gasteiger partial charge in [-0.1, -0.05) is 0 Å². The summed E-state index contributed by atoms with van der Waals surface area (Å²) >= 11 is 0. The highest BCUT2D eigenvalue weighted by atomic mass is 16.5. The fourth-order valence-electron chi connectivity index (χ4n) is 1.56. The first-order valence-electron chi connectivity index (χ1n) is 4.75. The Morgan fingerprint density at radius 2 is 2.46 bits per heavy atom. The summed E-state index contributed by atoms with van der Waals surface area (Å²) in [6.45, 7) is 3.84. The topological polar surface area (TPSA) is 64.4 Å². The molecule has 0 bridgehead atoms. The molecule has 1 unspecified atom stereocenters. The van der Waals surface area contributed by atoms with Gasteiger partial charge in [0.15, 0.2) is 0 Å². The maximum absolute atomic E-state index is 11.3. The van der Waals surface area contributed by atoms with Gasteiger partial charge >= 0.3 is 0 Å². The van der Waals surface area contributed by atoms with Crippen LogP contribution in [0.25, 0.3) is 0 Å². The smallest absolute Gasteiger partial charge is 0.221 e. The van der Waals surface area contributed by atoms with E-state index in [0.29, 0.717) is 19.6 Å². The monoisotopic (exact) mass is 186 g/mol. The largest absolute Gasteiger partial charge is 0.379 e. The van der Waals surface area contributed by atoms with Gasteiger partial charge in [-0.05, 0) is 19.8 Å². The molecule has 0 aromatic rings. The molecule has 0 spiro atoms. The standard InChI is InChI=1S/C9H18N2O2/c1-9(4-2-6-13-7-9)11-8(12)3-5-10/h2-7,10H2,1H3,(H,11,12). The van der Waals surface area contributed by atoms with E-state index in [2.05, 4.69) is 5.32 Å². The van der Waals surface area contributed by atoms with E-state index in [1.165, 1.54) is 0 Å². The van der Waals surface area contributed by atoms with Crippen LogP contribution in [0.3, 0.4) is 0 Å². The number of rotatable bonds is 3. The molecule has 0 aromatic heterocycles. The first kappa shape index (κ1) is 10.5. The van der Waals surface area contributed by atoms with Crippen LogP contribution in [-0.4, -0.2) is 31.2 Å². The minimum atomic E-state index is -0.176. The molecule has 1 amide bonds. The van der Waals surface area contributed by atoms with Crippen molar-refractivity contribution < 1.29 is 9.53 Å². The average molecular weight is 186 g/mol. The van der Waals surface area contributed by atoms with Crippen LogP contribution in [0, 0.1) is 0 Å². The van der Waals surface area contributed by atoms with Gasteiger partial charge in [0.1, 0.15) is 0 Å². The second-order valence-corrected chi connectivity index (χ2v) is 3.80. The lowest BCUT2D eigenvalue weighted by Gasteiger charge is -2.34. The summed E-state index contributed by atoms with van der Waals surface area (Å²) in [5, 5.41) is 2.95. The van der Waals surface area contributed by atoms with Crippen LogP contribution in [0.5, 0.6) is 0 Å². The summed E-state index contributed by atoms with van der Waals surface area (Å²) in [5.41, 5.74) is 5.11. The van der Waals surface area contributed by atoms with E-state index in [1.54, 1.807) is 0 Å². The third kappa shape index (κ3) is 3.32. The van der Waals surface area contributed by atoms with Gasteiger partial charge in [0.2, 0.25) is 5.91 Å². The lowest BCUT2D eigenvalue weighted by molar-refractivity contribution is -0.124. The zero-order valence-electron chi connectivity index (χ0n) is 8.14. The van der Waals surface area contributed by atoms with Crippen LogP contribution in [0.1, 0.15) is 26.2 Å². The van der Waals surface area contributed by atoms with E-state index in [0.717, 1.165) is 19.4 Å². The summed E-state index contributed by atoms with van der Waals surface area (Å²) in [5.74, 6) is 0.0236. The Morgan fingerprint density at radius 1 is 1.69 bits per heavy atom. The maximum atomic E-state index is 11.3. The zero-order valence-corrected chi connectivity index (χ0v) is 8.14. The molecule has 0 aromatic carbocycles. The summed E-state index contributed by atoms with van der Waals surface area (Å²) < 4.78 is 5.32. The van der Waals surface area contributed by atoms with Crippen molar-refractivity contribution in [3.63, 3.8) is 0 Å². The molecular formula is C9H18N2O2. The van der Waals surface area contributed by atoms with E-state index in [9.17, 15) is 4.79 Å². The molecule has 0 radical (unpaired) electrons. The van der Waals surface area contributed by atoms with Crippen molar-refractivity contribution in [2.75, 3.05) is 19.8 Å². The number of nitrogens with one attached hydrogen (secondary N) is 1. The molecule has 1 saturated heterocycles. The van der Waals surface area contributed by atoms with Crippen molar-refractivity contribution in [1.82, 2.24) is 5.32 Å². The Bertz CT molecular complexity index is 176. The van der Waals surface area contributed by atoms with Gasteiger partial charge in [0, 0.05) is 19.6 Å². The van der Waals surface area contributed by atoms with Crippen molar-refractivity contribution in [2.45, 2.75) is 31.7 Å². The molecule has 1 aliphatic rings. The molecule has 0 aliphatic carbocycles. The van der Waals surface area contributed by atoms with Crippen molar-refractivity contribution in [2.24, 2.45) is 5.73 Å². The Hall–Kier alpha value is -0.610. The quantitative estimate of drug-likeness (QED) is 0.653. The molecule has 1 rings (SSSR count). The molecule has 0 saturated carbocycles. The van der Waals surface area contributed by atoms with Crippen molar-refractivity contribution in [1.29, 1.82) is 0 Å². The van der Waals surface area contributed by atoms with Gasteiger partial charge in [-0.25, -0.2) is 0 Å². The van der Waals surface area contributed by atoms with Crippen LogP contribution in [0.4, 0.5) is 0 Å². The number of amides is 1. The zero-order chi connectivity index (χ0) is 9.73. The van der Waals surface area contributed by atoms with Gasteiger partial charge in [0.05, 0.1) is 12.1 Å². The first-order chi connectivity index (χ1) is 6.16. The van der Waals surface area contributed by atoms with Crippen molar-refractivity contribution in [3.05, 3.63) is 0 Å². The fourth-order valence-corrected chi connectivity index (χ4v) is 1.56. The normalized spacial score (nSPS) is 28.5. The maximum Gasteiger partial charge on any atom is 0.221 e. The Labute approximate surface area is 78.8 Å². The van der Waals surface area contributed by atoms with Crippen LogP contribution in [-0.2, 0) is 9.53 Å². The number of carbonyl (C=O) groups is 1. The lowest BCUT2D eigenvalue weighted by Crippen LogP contribution is -2.51. The predicted molar refractivity (Wildman–Crippen MR) is 50.3 cm³/mol. The highest BCUT2D eigenvalue weighted by Gasteiger charge is 2.28. The fraction of sp³-hybridized carbons (Fsp3) is 0.889. The molecule has 1 aliphatic heterocycles. The summed E-state index contributed by atoms with van der Waals surface area (Å²) in [6.07, 6.45) is 2.40. The van der Waals surface area contributed by atoms with E-state index in [1.807, 2.05) is 6.92 Å². The average Bonchev–Trinajstić information content (AvgIpc) is 2.04.